The SMILES string of the molecule is COCCOc1ccc(S2(OS(=O)(=O)C(F)(F)C(F)(F)C(F)(F)C(F)(F)F)CCCC2)c2ccccc12. The molecule has 1 aliphatic heterocycles. The van der Waals surface area contributed by atoms with Crippen LogP contribution in [0.15, 0.2) is 41.3 Å². The minimum Gasteiger partial charge on any atom is -0.491 e. The zero-order valence-corrected chi connectivity index (χ0v) is 20.6. The molecule has 1 aliphatic rings. The number of fused-ring (bicyclic) bond motifs is 1. The first-order valence-corrected chi connectivity index (χ1v) is 13.8. The average molecular weight is 589 g/mol. The number of methoxy groups -OCH3 is 1. The monoisotopic (exact) mass is 588 g/mol. The second-order valence-corrected chi connectivity index (χ2v) is 12.9. The van der Waals surface area contributed by atoms with Crippen molar-refractivity contribution in [3.63, 3.8) is 0 Å². The van der Waals surface area contributed by atoms with Crippen LogP contribution in [0.1, 0.15) is 12.8 Å². The highest BCUT2D eigenvalue weighted by atomic mass is 32.3. The van der Waals surface area contributed by atoms with Gasteiger partial charge in [0.1, 0.15) is 12.4 Å². The second kappa shape index (κ2) is 10.0. The Morgan fingerprint density at radius 2 is 1.38 bits per heavy atom. The molecule has 37 heavy (non-hydrogen) atoms. The summed E-state index contributed by atoms with van der Waals surface area (Å²) in [5, 5.41) is -6.29. The summed E-state index contributed by atoms with van der Waals surface area (Å²) in [5.74, 6) is -14.9. The maximum absolute atomic E-state index is 14.4. The maximum atomic E-state index is 14.4. The van der Waals surface area contributed by atoms with Crippen molar-refractivity contribution in [3.05, 3.63) is 36.4 Å². The van der Waals surface area contributed by atoms with Crippen LogP contribution in [0.5, 0.6) is 5.75 Å². The van der Waals surface area contributed by atoms with Crippen molar-refractivity contribution in [1.29, 1.82) is 0 Å². The maximum Gasteiger partial charge on any atom is 0.460 e. The molecule has 2 aromatic rings. The summed E-state index contributed by atoms with van der Waals surface area (Å²) in [7, 11) is -8.99. The summed E-state index contributed by atoms with van der Waals surface area (Å²) in [6.07, 6.45) is -6.76. The van der Waals surface area contributed by atoms with Crippen LogP contribution in [0, 0.1) is 0 Å². The van der Waals surface area contributed by atoms with Gasteiger partial charge in [0.05, 0.1) is 6.61 Å². The highest BCUT2D eigenvalue weighted by Crippen LogP contribution is 2.66. The number of hydrogen-bond acceptors (Lipinski definition) is 5. The minimum atomic E-state index is -7.37. The molecule has 0 N–H and O–H groups in total. The van der Waals surface area contributed by atoms with E-state index >= 15 is 0 Å². The number of rotatable bonds is 10. The van der Waals surface area contributed by atoms with Crippen LogP contribution in [-0.4, -0.2) is 63.5 Å². The van der Waals surface area contributed by atoms with E-state index in [-0.39, 0.29) is 53.6 Å². The number of ether oxygens (including phenoxy) is 2. The topological polar surface area (TPSA) is 61.8 Å². The lowest BCUT2D eigenvalue weighted by molar-refractivity contribution is -0.382. The van der Waals surface area contributed by atoms with E-state index in [9.17, 15) is 47.9 Å². The van der Waals surface area contributed by atoms with Crippen LogP contribution in [0.3, 0.4) is 0 Å². The zero-order valence-electron chi connectivity index (χ0n) is 19.0. The van der Waals surface area contributed by atoms with Gasteiger partial charge in [0.2, 0.25) is 0 Å². The van der Waals surface area contributed by atoms with Crippen molar-refractivity contribution in [1.82, 2.24) is 0 Å². The molecule has 0 unspecified atom stereocenters. The van der Waals surface area contributed by atoms with E-state index in [1.54, 1.807) is 12.1 Å². The summed E-state index contributed by atoms with van der Waals surface area (Å²) < 4.78 is 161. The predicted octanol–water partition coefficient (Wildman–Crippen LogP) is 6.51. The van der Waals surface area contributed by atoms with E-state index in [1.807, 2.05) is 0 Å². The predicted molar refractivity (Wildman–Crippen MR) is 117 cm³/mol. The Kier molecular flexibility index (Phi) is 8.01. The zero-order chi connectivity index (χ0) is 27.9. The molecule has 210 valence electrons. The molecular formula is C21H21F9O5S2. The van der Waals surface area contributed by atoms with Crippen LogP contribution in [0.4, 0.5) is 39.5 Å². The Bertz CT molecular complexity index is 1230. The first-order chi connectivity index (χ1) is 17.0. The Balaban J connectivity index is 2.10. The molecule has 0 aromatic heterocycles. The van der Waals surface area contributed by atoms with E-state index in [0.29, 0.717) is 5.39 Å². The summed E-state index contributed by atoms with van der Waals surface area (Å²) in [4.78, 5) is 0.0185. The van der Waals surface area contributed by atoms with Gasteiger partial charge in [-0.15, -0.1) is 0 Å². The quantitative estimate of drug-likeness (QED) is 0.234. The molecule has 16 heteroatoms. The first kappa shape index (κ1) is 29.6. The van der Waals surface area contributed by atoms with Crippen LogP contribution >= 0.6 is 10.3 Å². The molecule has 0 spiro atoms. The van der Waals surface area contributed by atoms with Gasteiger partial charge in [-0.3, -0.25) is 0 Å². The third-order valence-corrected chi connectivity index (χ3v) is 11.3. The molecule has 1 fully saturated rings. The fourth-order valence-electron chi connectivity index (χ4n) is 3.76. The molecule has 1 heterocycles. The lowest BCUT2D eigenvalue weighted by atomic mass is 10.1. The summed E-state index contributed by atoms with van der Waals surface area (Å²) in [6.45, 7) is 0.315. The Morgan fingerprint density at radius 1 is 0.811 bits per heavy atom. The van der Waals surface area contributed by atoms with Gasteiger partial charge in [-0.1, -0.05) is 34.6 Å². The van der Waals surface area contributed by atoms with Gasteiger partial charge in [-0.25, -0.2) is 3.63 Å². The average Bonchev–Trinajstić information content (AvgIpc) is 3.26. The fraction of sp³-hybridized carbons (Fsp3) is 0.524. The van der Waals surface area contributed by atoms with Gasteiger partial charge in [-0.05, 0) is 30.4 Å². The van der Waals surface area contributed by atoms with E-state index in [0.717, 1.165) is 0 Å². The Labute approximate surface area is 207 Å². The van der Waals surface area contributed by atoms with Gasteiger partial charge in [0, 0.05) is 28.9 Å². The van der Waals surface area contributed by atoms with Crippen molar-refractivity contribution >= 4 is 31.2 Å². The lowest BCUT2D eigenvalue weighted by Gasteiger charge is -2.38. The Morgan fingerprint density at radius 3 is 1.92 bits per heavy atom. The molecule has 0 amide bonds. The van der Waals surface area contributed by atoms with Crippen molar-refractivity contribution in [2.24, 2.45) is 0 Å². The molecule has 3 rings (SSSR count). The van der Waals surface area contributed by atoms with Crippen LogP contribution in [-0.2, 0) is 18.5 Å². The van der Waals surface area contributed by atoms with Gasteiger partial charge in [-0.2, -0.15) is 47.9 Å². The number of hydrogen-bond donors (Lipinski definition) is 0. The van der Waals surface area contributed by atoms with Gasteiger partial charge >= 0.3 is 33.4 Å². The van der Waals surface area contributed by atoms with Crippen LogP contribution in [0.2, 0.25) is 0 Å². The molecule has 0 atom stereocenters. The molecule has 5 nitrogen and oxygen atoms in total. The van der Waals surface area contributed by atoms with E-state index in [2.05, 4.69) is 3.63 Å². The van der Waals surface area contributed by atoms with Crippen molar-refractivity contribution in [2.75, 3.05) is 31.8 Å². The van der Waals surface area contributed by atoms with Gasteiger partial charge in [0.15, 0.2) is 0 Å². The fourth-order valence-corrected chi connectivity index (χ4v) is 9.63. The van der Waals surface area contributed by atoms with Crippen LogP contribution in [0.25, 0.3) is 10.8 Å². The smallest absolute Gasteiger partial charge is 0.460 e. The molecule has 0 radical (unpaired) electrons. The lowest BCUT2D eigenvalue weighted by Crippen LogP contribution is -2.63. The van der Waals surface area contributed by atoms with Gasteiger partial charge < -0.3 is 9.47 Å². The van der Waals surface area contributed by atoms with E-state index < -0.39 is 43.7 Å². The number of alkyl halides is 9. The standard InChI is InChI=1S/C21H21F9O5S2/c1-33-10-11-34-16-8-9-17(15-7-3-2-6-14(15)16)36(12-4-5-13-36)35-37(31,32)21(29,30)19(24,25)18(22,23)20(26,27)28/h2-3,6-9H,4-5,10-13H2,1H3. The largest absolute Gasteiger partial charge is 0.491 e. The van der Waals surface area contributed by atoms with Crippen LogP contribution < -0.4 is 4.74 Å². The highest BCUT2D eigenvalue weighted by molar-refractivity contribution is 8.33. The first-order valence-electron chi connectivity index (χ1n) is 10.5. The normalized spacial score (nSPS) is 18.2. The molecule has 0 bridgehead atoms. The van der Waals surface area contributed by atoms with Crippen molar-refractivity contribution < 1.29 is 61.0 Å². The molecular weight excluding hydrogens is 567 g/mol. The number of benzene rings is 2. The van der Waals surface area contributed by atoms with E-state index in [4.69, 9.17) is 9.47 Å². The minimum absolute atomic E-state index is 0.0185. The third kappa shape index (κ3) is 4.96. The molecule has 0 aliphatic carbocycles. The highest BCUT2D eigenvalue weighted by Gasteiger charge is 2.86. The summed E-state index contributed by atoms with van der Waals surface area (Å²) in [5.41, 5.74) is 0. The second-order valence-electron chi connectivity index (χ2n) is 8.06. The summed E-state index contributed by atoms with van der Waals surface area (Å²) in [6, 6.07) is 8.74. The Hall–Kier alpha value is -1.91. The third-order valence-electron chi connectivity index (χ3n) is 5.64. The molecule has 2 aromatic carbocycles. The molecule has 1 saturated heterocycles. The van der Waals surface area contributed by atoms with E-state index in [1.165, 1.54) is 31.4 Å². The van der Waals surface area contributed by atoms with Gasteiger partial charge in [0.25, 0.3) is 0 Å². The van der Waals surface area contributed by atoms with Crippen molar-refractivity contribution in [3.8, 4) is 5.75 Å². The summed E-state index contributed by atoms with van der Waals surface area (Å²) >= 11 is 0. The van der Waals surface area contributed by atoms with Crippen molar-refractivity contribution in [2.45, 2.75) is 41.0 Å². The number of halogens is 9. The molecule has 0 saturated carbocycles.